The zero-order valence-corrected chi connectivity index (χ0v) is 16.2. The number of carbonyl (C=O) groups is 1. The summed E-state index contributed by atoms with van der Waals surface area (Å²) in [6.07, 6.45) is 0. The average molecular weight is 432 g/mol. The molecule has 0 heterocycles. The Morgan fingerprint density at radius 3 is 1.87 bits per heavy atom. The van der Waals surface area contributed by atoms with E-state index in [9.17, 15) is 22.4 Å². The number of benzene rings is 2. The van der Waals surface area contributed by atoms with Crippen molar-refractivity contribution in [2.45, 2.75) is 33.7 Å². The zero-order chi connectivity index (χ0) is 22.1. The molecule has 0 aliphatic carbocycles. The molecule has 2 aromatic carbocycles. The Hall–Kier alpha value is -3.17. The first-order valence-corrected chi connectivity index (χ1v) is 8.93. The van der Waals surface area contributed by atoms with Gasteiger partial charge in [0.2, 0.25) is 0 Å². The van der Waals surface area contributed by atoms with Crippen molar-refractivity contribution in [3.8, 4) is 23.0 Å². The maximum Gasteiger partial charge on any atom is 0.387 e. The maximum atomic E-state index is 12.5. The summed E-state index contributed by atoms with van der Waals surface area (Å²) in [6, 6.07) is 7.81. The number of rotatable bonds is 11. The molecule has 164 valence electrons. The fourth-order valence-corrected chi connectivity index (χ4v) is 2.43. The van der Waals surface area contributed by atoms with Crippen molar-refractivity contribution >= 4 is 5.97 Å². The van der Waals surface area contributed by atoms with Gasteiger partial charge in [0.1, 0.15) is 6.61 Å². The third-order valence-electron chi connectivity index (χ3n) is 3.59. The molecule has 0 radical (unpaired) electrons. The predicted molar refractivity (Wildman–Crippen MR) is 97.6 cm³/mol. The molecule has 2 rings (SSSR count). The van der Waals surface area contributed by atoms with Gasteiger partial charge in [-0.15, -0.1) is 0 Å². The van der Waals surface area contributed by atoms with Crippen molar-refractivity contribution < 1.29 is 46.0 Å². The molecule has 0 saturated carbocycles. The minimum absolute atomic E-state index is 0.0283. The van der Waals surface area contributed by atoms with Crippen molar-refractivity contribution in [2.75, 3.05) is 13.2 Å². The normalized spacial score (nSPS) is 10.8. The Bertz CT molecular complexity index is 844. The molecule has 0 aliphatic rings. The molecule has 0 bridgehead atoms. The Morgan fingerprint density at radius 1 is 0.800 bits per heavy atom. The van der Waals surface area contributed by atoms with E-state index in [0.717, 1.165) is 0 Å². The number of esters is 1. The molecular formula is C20H20F4O6. The van der Waals surface area contributed by atoms with E-state index in [4.69, 9.17) is 14.2 Å². The first kappa shape index (κ1) is 23.1. The summed E-state index contributed by atoms with van der Waals surface area (Å²) in [5, 5.41) is 0. The van der Waals surface area contributed by atoms with Gasteiger partial charge in [-0.25, -0.2) is 4.79 Å². The molecule has 6 nitrogen and oxygen atoms in total. The van der Waals surface area contributed by atoms with Crippen LogP contribution in [0, 0.1) is 0 Å². The van der Waals surface area contributed by atoms with Gasteiger partial charge >= 0.3 is 19.2 Å². The number of ether oxygens (including phenoxy) is 5. The van der Waals surface area contributed by atoms with Gasteiger partial charge in [-0.1, -0.05) is 6.07 Å². The lowest BCUT2D eigenvalue weighted by Gasteiger charge is -2.14. The molecule has 10 heteroatoms. The van der Waals surface area contributed by atoms with E-state index < -0.39 is 19.2 Å². The van der Waals surface area contributed by atoms with Crippen molar-refractivity contribution in [2.24, 2.45) is 0 Å². The first-order valence-electron chi connectivity index (χ1n) is 8.93. The van der Waals surface area contributed by atoms with Gasteiger partial charge in [-0.3, -0.25) is 0 Å². The van der Waals surface area contributed by atoms with E-state index in [2.05, 4.69) is 9.47 Å². The van der Waals surface area contributed by atoms with E-state index in [1.165, 1.54) is 36.4 Å². The number of hydrogen-bond donors (Lipinski definition) is 0. The fourth-order valence-electron chi connectivity index (χ4n) is 2.43. The van der Waals surface area contributed by atoms with Crippen molar-refractivity contribution in [3.05, 3.63) is 47.5 Å². The van der Waals surface area contributed by atoms with Crippen LogP contribution < -0.4 is 18.9 Å². The summed E-state index contributed by atoms with van der Waals surface area (Å²) in [4.78, 5) is 12.3. The van der Waals surface area contributed by atoms with Gasteiger partial charge in [0, 0.05) is 0 Å². The molecule has 30 heavy (non-hydrogen) atoms. The highest BCUT2D eigenvalue weighted by Crippen LogP contribution is 2.31. The monoisotopic (exact) mass is 432 g/mol. The van der Waals surface area contributed by atoms with Gasteiger partial charge < -0.3 is 23.7 Å². The third-order valence-corrected chi connectivity index (χ3v) is 3.59. The highest BCUT2D eigenvalue weighted by molar-refractivity contribution is 5.90. The first-order chi connectivity index (χ1) is 14.3. The molecule has 2 aromatic rings. The molecule has 0 saturated heterocycles. The molecule has 0 fully saturated rings. The summed E-state index contributed by atoms with van der Waals surface area (Å²) in [7, 11) is 0. The van der Waals surface area contributed by atoms with E-state index in [-0.39, 0.29) is 48.4 Å². The van der Waals surface area contributed by atoms with Crippen LogP contribution in [-0.2, 0) is 11.3 Å². The van der Waals surface area contributed by atoms with E-state index in [0.29, 0.717) is 5.56 Å². The SMILES string of the molecule is CCOc1cc(COC(=O)c2ccc(OC(F)F)c(OCC)c2)ccc1OC(F)F. The Morgan fingerprint density at radius 2 is 1.33 bits per heavy atom. The summed E-state index contributed by atoms with van der Waals surface area (Å²) >= 11 is 0. The minimum Gasteiger partial charge on any atom is -0.490 e. The average Bonchev–Trinajstić information content (AvgIpc) is 2.69. The van der Waals surface area contributed by atoms with Crippen molar-refractivity contribution in [1.29, 1.82) is 0 Å². The molecule has 0 unspecified atom stereocenters. The smallest absolute Gasteiger partial charge is 0.387 e. The quantitative estimate of drug-likeness (QED) is 0.366. The molecule has 0 aliphatic heterocycles. The Kier molecular flexibility index (Phi) is 8.57. The van der Waals surface area contributed by atoms with Crippen LogP contribution in [0.5, 0.6) is 23.0 Å². The number of halogens is 4. The Labute approximate surface area is 170 Å². The van der Waals surface area contributed by atoms with Crippen LogP contribution in [0.4, 0.5) is 17.6 Å². The Balaban J connectivity index is 2.11. The fraction of sp³-hybridized carbons (Fsp3) is 0.350. The minimum atomic E-state index is -3.04. The highest BCUT2D eigenvalue weighted by atomic mass is 19.3. The second-order valence-electron chi connectivity index (χ2n) is 5.64. The molecular weight excluding hydrogens is 412 g/mol. The van der Waals surface area contributed by atoms with Crippen molar-refractivity contribution in [3.63, 3.8) is 0 Å². The number of hydrogen-bond acceptors (Lipinski definition) is 6. The van der Waals surface area contributed by atoms with Crippen LogP contribution in [-0.4, -0.2) is 32.4 Å². The lowest BCUT2D eigenvalue weighted by Crippen LogP contribution is -2.09. The maximum absolute atomic E-state index is 12.5. The predicted octanol–water partition coefficient (Wildman–Crippen LogP) is 5.04. The van der Waals surface area contributed by atoms with Crippen LogP contribution in [0.15, 0.2) is 36.4 Å². The van der Waals surface area contributed by atoms with Crippen LogP contribution in [0.25, 0.3) is 0 Å². The molecule has 0 amide bonds. The summed E-state index contributed by atoms with van der Waals surface area (Å²) in [5.41, 5.74) is 0.527. The molecule has 0 aromatic heterocycles. The lowest BCUT2D eigenvalue weighted by atomic mass is 10.2. The summed E-state index contributed by atoms with van der Waals surface area (Å²) in [6.45, 7) is -2.53. The van der Waals surface area contributed by atoms with Crippen LogP contribution in [0.2, 0.25) is 0 Å². The standard InChI is InChI=1S/C20H20F4O6/c1-3-26-16-9-12(5-7-14(16)29-19(21)22)11-28-18(25)13-6-8-15(30-20(23)24)17(10-13)27-4-2/h5-10,19-20H,3-4,11H2,1-2H3. The summed E-state index contributed by atoms with van der Waals surface area (Å²) in [5.74, 6) is -1.04. The third kappa shape index (κ3) is 6.71. The van der Waals surface area contributed by atoms with E-state index in [1.54, 1.807) is 13.8 Å². The number of alkyl halides is 4. The van der Waals surface area contributed by atoms with Gasteiger partial charge in [-0.2, -0.15) is 17.6 Å². The topological polar surface area (TPSA) is 63.2 Å². The van der Waals surface area contributed by atoms with Gasteiger partial charge in [0.05, 0.1) is 18.8 Å². The van der Waals surface area contributed by atoms with Crippen molar-refractivity contribution in [1.82, 2.24) is 0 Å². The van der Waals surface area contributed by atoms with E-state index >= 15 is 0 Å². The molecule has 0 N–H and O–H groups in total. The van der Waals surface area contributed by atoms with Gasteiger partial charge in [-0.05, 0) is 49.7 Å². The van der Waals surface area contributed by atoms with E-state index in [1.807, 2.05) is 0 Å². The molecule has 0 atom stereocenters. The second kappa shape index (κ2) is 11.1. The van der Waals surface area contributed by atoms with Crippen LogP contribution in [0.3, 0.4) is 0 Å². The number of carbonyl (C=O) groups excluding carboxylic acids is 1. The summed E-state index contributed by atoms with van der Waals surface area (Å²) < 4.78 is 74.3. The molecule has 0 spiro atoms. The van der Waals surface area contributed by atoms with Gasteiger partial charge in [0.15, 0.2) is 23.0 Å². The highest BCUT2D eigenvalue weighted by Gasteiger charge is 2.16. The second-order valence-corrected chi connectivity index (χ2v) is 5.64. The zero-order valence-electron chi connectivity index (χ0n) is 16.2. The van der Waals surface area contributed by atoms with Gasteiger partial charge in [0.25, 0.3) is 0 Å². The van der Waals surface area contributed by atoms with Crippen LogP contribution in [0.1, 0.15) is 29.8 Å². The van der Waals surface area contributed by atoms with Crippen LogP contribution >= 0.6 is 0 Å². The largest absolute Gasteiger partial charge is 0.490 e. The lowest BCUT2D eigenvalue weighted by molar-refractivity contribution is -0.0520.